The molecule has 0 spiro atoms. The van der Waals surface area contributed by atoms with Crippen LogP contribution in [0.2, 0.25) is 10.0 Å². The van der Waals surface area contributed by atoms with Crippen LogP contribution >= 0.6 is 39.1 Å². The number of amides is 1. The second-order valence-corrected chi connectivity index (χ2v) is 5.47. The van der Waals surface area contributed by atoms with Crippen molar-refractivity contribution in [2.24, 2.45) is 0 Å². The van der Waals surface area contributed by atoms with Crippen molar-refractivity contribution in [3.8, 4) is 0 Å². The molecule has 2 nitrogen and oxygen atoms in total. The number of alkyl halides is 1. The van der Waals surface area contributed by atoms with Crippen molar-refractivity contribution in [3.05, 3.63) is 33.8 Å². The summed E-state index contributed by atoms with van der Waals surface area (Å²) >= 11 is 15.4. The SMILES string of the molecule is CCC(C)(CBr)NC(=O)c1c(Cl)cccc1Cl. The Morgan fingerprint density at radius 2 is 1.94 bits per heavy atom. The van der Waals surface area contributed by atoms with Gasteiger partial charge in [0.1, 0.15) is 0 Å². The first-order valence-corrected chi connectivity index (χ1v) is 7.13. The quantitative estimate of drug-likeness (QED) is 0.815. The molecule has 0 aromatic heterocycles. The molecule has 0 radical (unpaired) electrons. The van der Waals surface area contributed by atoms with Crippen molar-refractivity contribution in [1.82, 2.24) is 5.32 Å². The van der Waals surface area contributed by atoms with Crippen molar-refractivity contribution in [2.45, 2.75) is 25.8 Å². The summed E-state index contributed by atoms with van der Waals surface area (Å²) in [4.78, 5) is 12.1. The molecule has 0 heterocycles. The molecule has 0 saturated heterocycles. The molecule has 1 amide bonds. The Balaban J connectivity index is 2.98. The fourth-order valence-electron chi connectivity index (χ4n) is 1.27. The van der Waals surface area contributed by atoms with Crippen molar-refractivity contribution in [3.63, 3.8) is 0 Å². The lowest BCUT2D eigenvalue weighted by Gasteiger charge is -2.27. The van der Waals surface area contributed by atoms with Gasteiger partial charge >= 0.3 is 0 Å². The summed E-state index contributed by atoms with van der Waals surface area (Å²) in [6, 6.07) is 5.02. The van der Waals surface area contributed by atoms with Gasteiger partial charge < -0.3 is 5.32 Å². The molecule has 5 heteroatoms. The molecule has 94 valence electrons. The topological polar surface area (TPSA) is 29.1 Å². The maximum absolute atomic E-state index is 12.1. The lowest BCUT2D eigenvalue weighted by atomic mass is 10.0. The molecule has 17 heavy (non-hydrogen) atoms. The van der Waals surface area contributed by atoms with Gasteiger partial charge in [0, 0.05) is 10.9 Å². The van der Waals surface area contributed by atoms with Crippen LogP contribution in [-0.4, -0.2) is 16.8 Å². The average molecular weight is 339 g/mol. The number of halogens is 3. The highest BCUT2D eigenvalue weighted by molar-refractivity contribution is 9.09. The van der Waals surface area contributed by atoms with E-state index in [4.69, 9.17) is 23.2 Å². The number of rotatable bonds is 4. The molecule has 1 N–H and O–H groups in total. The van der Waals surface area contributed by atoms with Crippen LogP contribution in [-0.2, 0) is 0 Å². The highest BCUT2D eigenvalue weighted by Crippen LogP contribution is 2.25. The number of hydrogen-bond donors (Lipinski definition) is 1. The first-order chi connectivity index (χ1) is 7.93. The third-order valence-corrected chi connectivity index (χ3v) is 4.55. The first-order valence-electron chi connectivity index (χ1n) is 5.26. The third kappa shape index (κ3) is 3.60. The predicted octanol–water partition coefficient (Wildman–Crippen LogP) is 4.29. The summed E-state index contributed by atoms with van der Waals surface area (Å²) in [6.07, 6.45) is 0.812. The zero-order valence-corrected chi connectivity index (χ0v) is 12.8. The second-order valence-electron chi connectivity index (χ2n) is 4.10. The maximum Gasteiger partial charge on any atom is 0.254 e. The van der Waals surface area contributed by atoms with Crippen molar-refractivity contribution < 1.29 is 4.79 Å². The summed E-state index contributed by atoms with van der Waals surface area (Å²) in [7, 11) is 0. The Morgan fingerprint density at radius 1 is 1.41 bits per heavy atom. The zero-order valence-electron chi connectivity index (χ0n) is 9.69. The zero-order chi connectivity index (χ0) is 13.1. The molecule has 0 saturated carbocycles. The normalized spacial score (nSPS) is 14.2. The van der Waals surface area contributed by atoms with E-state index >= 15 is 0 Å². The van der Waals surface area contributed by atoms with Gasteiger partial charge in [0.05, 0.1) is 15.6 Å². The van der Waals surface area contributed by atoms with Crippen molar-refractivity contribution in [2.75, 3.05) is 5.33 Å². The number of carbonyl (C=O) groups excluding carboxylic acids is 1. The number of benzene rings is 1. The van der Waals surface area contributed by atoms with Crippen LogP contribution in [0.3, 0.4) is 0 Å². The van der Waals surface area contributed by atoms with Gasteiger partial charge in [-0.3, -0.25) is 4.79 Å². The van der Waals surface area contributed by atoms with Crippen LogP contribution in [0.1, 0.15) is 30.6 Å². The van der Waals surface area contributed by atoms with Crippen LogP contribution in [0.5, 0.6) is 0 Å². The predicted molar refractivity (Wildman–Crippen MR) is 76.4 cm³/mol. The Kier molecular flexibility index (Phi) is 5.29. The van der Waals surface area contributed by atoms with Gasteiger partial charge in [-0.1, -0.05) is 52.1 Å². The molecule has 1 unspecified atom stereocenters. The van der Waals surface area contributed by atoms with E-state index in [1.165, 1.54) is 0 Å². The van der Waals surface area contributed by atoms with E-state index in [1.807, 2.05) is 13.8 Å². The van der Waals surface area contributed by atoms with Crippen LogP contribution in [0.25, 0.3) is 0 Å². The van der Waals surface area contributed by atoms with E-state index in [0.29, 0.717) is 20.9 Å². The molecule has 1 atom stereocenters. The van der Waals surface area contributed by atoms with E-state index in [-0.39, 0.29) is 11.4 Å². The van der Waals surface area contributed by atoms with Crippen molar-refractivity contribution >= 4 is 45.0 Å². The van der Waals surface area contributed by atoms with E-state index in [0.717, 1.165) is 6.42 Å². The molecule has 0 aliphatic rings. The summed E-state index contributed by atoms with van der Waals surface area (Å²) in [5.41, 5.74) is 0.0241. The minimum atomic E-state index is -0.306. The molecule has 0 aliphatic heterocycles. The van der Waals surface area contributed by atoms with Gasteiger partial charge in [0.15, 0.2) is 0 Å². The molecule has 1 rings (SSSR count). The molecule has 0 bridgehead atoms. The van der Waals surface area contributed by atoms with Gasteiger partial charge in [0.2, 0.25) is 0 Å². The van der Waals surface area contributed by atoms with Gasteiger partial charge in [-0.05, 0) is 25.5 Å². The second kappa shape index (κ2) is 6.07. The van der Waals surface area contributed by atoms with E-state index in [9.17, 15) is 4.79 Å². The summed E-state index contributed by atoms with van der Waals surface area (Å²) in [5.74, 6) is -0.246. The average Bonchev–Trinajstić information content (AvgIpc) is 2.28. The standard InChI is InChI=1S/C12H14BrCl2NO/c1-3-12(2,7-13)16-11(17)10-8(14)5-4-6-9(10)15/h4-6H,3,7H2,1-2H3,(H,16,17). The summed E-state index contributed by atoms with van der Waals surface area (Å²) < 4.78 is 0. The summed E-state index contributed by atoms with van der Waals surface area (Å²) in [5, 5.41) is 4.33. The summed E-state index contributed by atoms with van der Waals surface area (Å²) in [6.45, 7) is 3.97. The fourth-order valence-corrected chi connectivity index (χ4v) is 2.37. The maximum atomic E-state index is 12.1. The van der Waals surface area contributed by atoms with Gasteiger partial charge in [0.25, 0.3) is 5.91 Å². The Bertz CT molecular complexity index is 399. The number of hydrogen-bond acceptors (Lipinski definition) is 1. The highest BCUT2D eigenvalue weighted by Gasteiger charge is 2.25. The van der Waals surface area contributed by atoms with Crippen LogP contribution in [0.4, 0.5) is 0 Å². The van der Waals surface area contributed by atoms with Gasteiger partial charge in [-0.2, -0.15) is 0 Å². The minimum absolute atomic E-state index is 0.246. The monoisotopic (exact) mass is 337 g/mol. The van der Waals surface area contributed by atoms with Crippen molar-refractivity contribution in [1.29, 1.82) is 0 Å². The van der Waals surface area contributed by atoms with Gasteiger partial charge in [-0.15, -0.1) is 0 Å². The largest absolute Gasteiger partial charge is 0.346 e. The molecule has 1 aromatic carbocycles. The van der Waals surface area contributed by atoms with E-state index < -0.39 is 0 Å². The van der Waals surface area contributed by atoms with Crippen LogP contribution in [0, 0.1) is 0 Å². The number of carbonyl (C=O) groups is 1. The molecule has 0 aliphatic carbocycles. The highest BCUT2D eigenvalue weighted by atomic mass is 79.9. The lowest BCUT2D eigenvalue weighted by molar-refractivity contribution is 0.0913. The van der Waals surface area contributed by atoms with Gasteiger partial charge in [-0.25, -0.2) is 0 Å². The Labute approximate surface area is 120 Å². The molecular formula is C12H14BrCl2NO. The first kappa shape index (κ1) is 14.8. The van der Waals surface area contributed by atoms with E-state index in [2.05, 4.69) is 21.2 Å². The minimum Gasteiger partial charge on any atom is -0.346 e. The molecular weight excluding hydrogens is 325 g/mol. The Hall–Kier alpha value is -0.250. The van der Waals surface area contributed by atoms with E-state index in [1.54, 1.807) is 18.2 Å². The fraction of sp³-hybridized carbons (Fsp3) is 0.417. The third-order valence-electron chi connectivity index (χ3n) is 2.68. The number of nitrogens with one attached hydrogen (secondary N) is 1. The lowest BCUT2D eigenvalue weighted by Crippen LogP contribution is -2.47. The smallest absolute Gasteiger partial charge is 0.254 e. The molecule has 0 fully saturated rings. The van der Waals surface area contributed by atoms with Crippen LogP contribution < -0.4 is 5.32 Å². The van der Waals surface area contributed by atoms with Crippen LogP contribution in [0.15, 0.2) is 18.2 Å². The Morgan fingerprint density at radius 3 is 2.35 bits per heavy atom. The molecule has 1 aromatic rings.